The van der Waals surface area contributed by atoms with E-state index in [1.54, 1.807) is 7.11 Å². The number of benzene rings is 1. The summed E-state index contributed by atoms with van der Waals surface area (Å²) >= 11 is 1.81. The molecule has 1 N–H and O–H groups in total. The van der Waals surface area contributed by atoms with Gasteiger partial charge in [0.25, 0.3) is 0 Å². The van der Waals surface area contributed by atoms with Crippen molar-refractivity contribution in [1.29, 1.82) is 0 Å². The van der Waals surface area contributed by atoms with Crippen LogP contribution in [0.25, 0.3) is 11.3 Å². The number of aliphatic hydroxyl groups excluding tert-OH is 1. The van der Waals surface area contributed by atoms with E-state index >= 15 is 0 Å². The molecule has 2 aliphatic rings. The number of thiazole rings is 1. The molecule has 0 radical (unpaired) electrons. The lowest BCUT2D eigenvalue weighted by atomic mass is 9.63. The van der Waals surface area contributed by atoms with Gasteiger partial charge in [0, 0.05) is 30.5 Å². The Kier molecular flexibility index (Phi) is 6.60. The summed E-state index contributed by atoms with van der Waals surface area (Å²) in [6.45, 7) is 12.7. The SMILES string of the molecule is COCC(O)CN1CCC(c2nc(-c3ccc4c(c3)C(C)(C)CCC4(C)C)cs2)CC1. The van der Waals surface area contributed by atoms with Gasteiger partial charge in [-0.2, -0.15) is 0 Å². The first-order chi connectivity index (χ1) is 14.7. The molecule has 1 aromatic heterocycles. The quantitative estimate of drug-likeness (QED) is 0.655. The number of hydrogen-bond acceptors (Lipinski definition) is 5. The van der Waals surface area contributed by atoms with E-state index in [1.165, 1.54) is 34.5 Å². The van der Waals surface area contributed by atoms with E-state index < -0.39 is 6.10 Å². The number of aliphatic hydroxyl groups is 1. The predicted octanol–water partition coefficient (Wildman–Crippen LogP) is 5.35. The van der Waals surface area contributed by atoms with Crippen molar-refractivity contribution in [2.75, 3.05) is 33.4 Å². The average Bonchev–Trinajstić information content (AvgIpc) is 3.22. The molecule has 0 saturated carbocycles. The van der Waals surface area contributed by atoms with Gasteiger partial charge in [0.1, 0.15) is 0 Å². The molecule has 0 amide bonds. The number of piperidine rings is 1. The number of fused-ring (bicyclic) bond motifs is 1. The molecule has 0 bridgehead atoms. The van der Waals surface area contributed by atoms with Gasteiger partial charge in [0.15, 0.2) is 0 Å². The molecule has 2 aromatic rings. The summed E-state index contributed by atoms with van der Waals surface area (Å²) in [6.07, 6.45) is 4.30. The van der Waals surface area contributed by atoms with Crippen LogP contribution in [-0.2, 0) is 15.6 Å². The zero-order valence-electron chi connectivity index (χ0n) is 19.8. The lowest BCUT2D eigenvalue weighted by Gasteiger charge is -2.42. The second kappa shape index (κ2) is 8.93. The van der Waals surface area contributed by atoms with Crippen LogP contribution in [0.15, 0.2) is 23.6 Å². The van der Waals surface area contributed by atoms with Gasteiger partial charge >= 0.3 is 0 Å². The van der Waals surface area contributed by atoms with Crippen molar-refractivity contribution in [3.05, 3.63) is 39.7 Å². The molecule has 4 nitrogen and oxygen atoms in total. The molecule has 1 unspecified atom stereocenters. The van der Waals surface area contributed by atoms with Gasteiger partial charge in [-0.15, -0.1) is 11.3 Å². The van der Waals surface area contributed by atoms with Gasteiger partial charge in [-0.1, -0.05) is 39.8 Å². The zero-order valence-corrected chi connectivity index (χ0v) is 20.6. The van der Waals surface area contributed by atoms with Gasteiger partial charge in [0.2, 0.25) is 0 Å². The van der Waals surface area contributed by atoms with E-state index in [4.69, 9.17) is 9.72 Å². The molecule has 1 atom stereocenters. The fraction of sp³-hybridized carbons (Fsp3) is 0.654. The highest BCUT2D eigenvalue weighted by Gasteiger charge is 2.37. The maximum absolute atomic E-state index is 9.99. The van der Waals surface area contributed by atoms with Crippen molar-refractivity contribution in [2.24, 2.45) is 0 Å². The van der Waals surface area contributed by atoms with Gasteiger partial charge in [0.05, 0.1) is 23.4 Å². The Balaban J connectivity index is 1.47. The largest absolute Gasteiger partial charge is 0.389 e. The van der Waals surface area contributed by atoms with Crippen LogP contribution in [0.4, 0.5) is 0 Å². The van der Waals surface area contributed by atoms with Crippen LogP contribution in [0, 0.1) is 0 Å². The molecule has 5 heteroatoms. The predicted molar refractivity (Wildman–Crippen MR) is 129 cm³/mol. The highest BCUT2D eigenvalue weighted by Crippen LogP contribution is 2.47. The van der Waals surface area contributed by atoms with Crippen LogP contribution in [0.1, 0.15) is 75.4 Å². The first kappa shape index (κ1) is 22.9. The summed E-state index contributed by atoms with van der Waals surface area (Å²) in [5, 5.41) is 13.5. The Hall–Kier alpha value is -1.27. The number of β-amino-alcohol motifs (C(OH)–C–C–N with tert-alkyl or cyclic N) is 1. The molecule has 1 aromatic carbocycles. The Morgan fingerprint density at radius 1 is 1.13 bits per heavy atom. The lowest BCUT2D eigenvalue weighted by Crippen LogP contribution is -2.39. The standard InChI is InChI=1S/C26H38N2O2S/c1-25(2)10-11-26(3,4)22-14-19(6-7-21(22)25)23-17-31-24(27-23)18-8-12-28(13-9-18)15-20(29)16-30-5/h6-7,14,17-18,20,29H,8-13,15-16H2,1-5H3. The molecule has 0 spiro atoms. The monoisotopic (exact) mass is 442 g/mol. The average molecular weight is 443 g/mol. The zero-order chi connectivity index (χ0) is 22.2. The number of methoxy groups -OCH3 is 1. The summed E-state index contributed by atoms with van der Waals surface area (Å²) in [5.41, 5.74) is 5.86. The molecule has 31 heavy (non-hydrogen) atoms. The minimum Gasteiger partial charge on any atom is -0.389 e. The van der Waals surface area contributed by atoms with Crippen molar-refractivity contribution >= 4 is 11.3 Å². The van der Waals surface area contributed by atoms with Gasteiger partial charge in [-0.3, -0.25) is 0 Å². The summed E-state index contributed by atoms with van der Waals surface area (Å²) in [6, 6.07) is 7.05. The summed E-state index contributed by atoms with van der Waals surface area (Å²) in [5.74, 6) is 0.530. The third kappa shape index (κ3) is 4.90. The Morgan fingerprint density at radius 2 is 1.81 bits per heavy atom. The molecule has 2 heterocycles. The van der Waals surface area contributed by atoms with Crippen LogP contribution in [0.2, 0.25) is 0 Å². The van der Waals surface area contributed by atoms with Crippen LogP contribution in [-0.4, -0.2) is 54.4 Å². The smallest absolute Gasteiger partial charge is 0.0964 e. The first-order valence-electron chi connectivity index (χ1n) is 11.7. The van der Waals surface area contributed by atoms with Crippen molar-refractivity contribution in [3.63, 3.8) is 0 Å². The number of ether oxygens (including phenoxy) is 1. The van der Waals surface area contributed by atoms with E-state index in [2.05, 4.69) is 56.2 Å². The van der Waals surface area contributed by atoms with Crippen LogP contribution >= 0.6 is 11.3 Å². The maximum Gasteiger partial charge on any atom is 0.0964 e. The normalized spacial score (nSPS) is 22.3. The van der Waals surface area contributed by atoms with E-state index in [1.807, 2.05) is 11.3 Å². The van der Waals surface area contributed by atoms with Crippen molar-refractivity contribution in [3.8, 4) is 11.3 Å². The minimum absolute atomic E-state index is 0.222. The van der Waals surface area contributed by atoms with Crippen LogP contribution < -0.4 is 0 Å². The Labute approximate surface area is 191 Å². The van der Waals surface area contributed by atoms with Crippen molar-refractivity contribution in [1.82, 2.24) is 9.88 Å². The third-order valence-corrected chi connectivity index (χ3v) is 8.44. The summed E-state index contributed by atoms with van der Waals surface area (Å²) < 4.78 is 5.05. The van der Waals surface area contributed by atoms with Crippen molar-refractivity contribution in [2.45, 2.75) is 76.2 Å². The molecule has 1 aliphatic heterocycles. The fourth-order valence-corrected chi connectivity index (χ4v) is 6.26. The summed E-state index contributed by atoms with van der Waals surface area (Å²) in [4.78, 5) is 7.43. The summed E-state index contributed by atoms with van der Waals surface area (Å²) in [7, 11) is 1.64. The van der Waals surface area contributed by atoms with Gasteiger partial charge < -0.3 is 14.7 Å². The molecule has 170 valence electrons. The van der Waals surface area contributed by atoms with Crippen LogP contribution in [0.3, 0.4) is 0 Å². The number of rotatable bonds is 6. The molecular formula is C26H38N2O2S. The Bertz CT molecular complexity index is 897. The fourth-order valence-electron chi connectivity index (χ4n) is 5.26. The van der Waals surface area contributed by atoms with E-state index in [9.17, 15) is 5.11 Å². The minimum atomic E-state index is -0.397. The van der Waals surface area contributed by atoms with E-state index in [0.717, 1.165) is 31.6 Å². The third-order valence-electron chi connectivity index (χ3n) is 7.44. The van der Waals surface area contributed by atoms with Gasteiger partial charge in [-0.25, -0.2) is 4.98 Å². The number of hydrogen-bond donors (Lipinski definition) is 1. The maximum atomic E-state index is 9.99. The highest BCUT2D eigenvalue weighted by molar-refractivity contribution is 7.10. The molecule has 1 aliphatic carbocycles. The molecule has 4 rings (SSSR count). The Morgan fingerprint density at radius 3 is 2.48 bits per heavy atom. The lowest BCUT2D eigenvalue weighted by molar-refractivity contribution is 0.0320. The number of aromatic nitrogens is 1. The van der Waals surface area contributed by atoms with Crippen molar-refractivity contribution < 1.29 is 9.84 Å². The molecule has 1 saturated heterocycles. The second-order valence-electron chi connectivity index (χ2n) is 10.8. The number of nitrogens with zero attached hydrogens (tertiary/aromatic N) is 2. The molecular weight excluding hydrogens is 404 g/mol. The van der Waals surface area contributed by atoms with Gasteiger partial charge in [-0.05, 0) is 66.8 Å². The number of likely N-dealkylation sites (tertiary alicyclic amines) is 1. The second-order valence-corrected chi connectivity index (χ2v) is 11.7. The topological polar surface area (TPSA) is 45.6 Å². The highest BCUT2D eigenvalue weighted by atomic mass is 32.1. The molecule has 1 fully saturated rings. The first-order valence-corrected chi connectivity index (χ1v) is 12.6. The van der Waals surface area contributed by atoms with E-state index in [0.29, 0.717) is 19.1 Å². The van der Waals surface area contributed by atoms with Crippen LogP contribution in [0.5, 0.6) is 0 Å². The van der Waals surface area contributed by atoms with E-state index in [-0.39, 0.29) is 10.8 Å².